The summed E-state index contributed by atoms with van der Waals surface area (Å²) in [5.41, 5.74) is -1.70. The summed E-state index contributed by atoms with van der Waals surface area (Å²) in [5, 5.41) is 0.0370. The molecule has 0 saturated carbocycles. The van der Waals surface area contributed by atoms with E-state index in [9.17, 15) is 13.4 Å². The van der Waals surface area contributed by atoms with Crippen LogP contribution in [0.5, 0.6) is 0 Å². The minimum Gasteiger partial charge on any atom is -0.257 e. The van der Waals surface area contributed by atoms with Gasteiger partial charge in [-0.05, 0) is 12.1 Å². The van der Waals surface area contributed by atoms with Crippen molar-refractivity contribution < 1.29 is 18.2 Å². The average molecular weight is 192 g/mol. The molecule has 0 aliphatic rings. The molecule has 0 aliphatic heterocycles. The highest BCUT2D eigenvalue weighted by atomic mass is 19.4. The number of benzene rings is 1. The number of rotatable bonds is 3. The van der Waals surface area contributed by atoms with Crippen molar-refractivity contribution >= 4 is 5.69 Å². The molecule has 72 valence electrons. The van der Waals surface area contributed by atoms with Gasteiger partial charge in [0.25, 0.3) is 0 Å². The Labute approximate surface area is 72.7 Å². The fraction of sp³-hybridized carbons (Fsp3) is 0.143. The van der Waals surface area contributed by atoms with Crippen molar-refractivity contribution in [3.63, 3.8) is 0 Å². The Morgan fingerprint density at radius 1 is 1.23 bits per heavy atom. The summed E-state index contributed by atoms with van der Waals surface area (Å²) in [4.78, 5) is 4.25. The maximum Gasteiger partial charge on any atom is 0.150 e. The highest BCUT2D eigenvalue weighted by Gasteiger charge is 2.18. The zero-order chi connectivity index (χ0) is 9.84. The predicted octanol–water partition coefficient (Wildman–Crippen LogP) is 2.18. The van der Waals surface area contributed by atoms with E-state index in [-0.39, 0.29) is 10.9 Å². The van der Waals surface area contributed by atoms with E-state index >= 15 is 0 Å². The summed E-state index contributed by atoms with van der Waals surface area (Å²) in [7, 11) is 1.01. The second kappa shape index (κ2) is 4.11. The Bertz CT molecular complexity index is 282. The minimum atomic E-state index is -1.35. The number of nitrogens with zero attached hydrogens (tertiary/aromatic N) is 2. The first kappa shape index (κ1) is 9.82. The topological polar surface area (TPSA) is 15.7 Å². The summed E-state index contributed by atoms with van der Waals surface area (Å²) in [5.74, 6) is -0.787. The lowest BCUT2D eigenvalue weighted by atomic mass is 10.3. The predicted molar refractivity (Wildman–Crippen MR) is 39.9 cm³/mol. The maximum absolute atomic E-state index is 12.9. The lowest BCUT2D eigenvalue weighted by Gasteiger charge is -2.19. The van der Waals surface area contributed by atoms with Crippen molar-refractivity contribution in [1.82, 2.24) is 5.45 Å². The quantitative estimate of drug-likeness (QED) is 0.539. The zero-order valence-electron chi connectivity index (χ0n) is 6.75. The van der Waals surface area contributed by atoms with Crippen LogP contribution >= 0.6 is 0 Å². The van der Waals surface area contributed by atoms with E-state index in [1.807, 2.05) is 0 Å². The molecule has 0 saturated heterocycles. The van der Waals surface area contributed by atoms with Crippen molar-refractivity contribution in [2.75, 3.05) is 12.3 Å². The third kappa shape index (κ3) is 2.10. The molecule has 0 unspecified atom stereocenters. The maximum atomic E-state index is 12.9. The summed E-state index contributed by atoms with van der Waals surface area (Å²) in [6, 6.07) is 5.05. The molecule has 0 bridgehead atoms. The van der Waals surface area contributed by atoms with E-state index in [0.717, 1.165) is 13.2 Å². The van der Waals surface area contributed by atoms with Crippen LogP contribution in [0.2, 0.25) is 0 Å². The van der Waals surface area contributed by atoms with Crippen LogP contribution in [0.4, 0.5) is 19.0 Å². The SMILES string of the molecule is CON(c1ccccc1F)N(F)F. The van der Waals surface area contributed by atoms with Crippen molar-refractivity contribution in [2.24, 2.45) is 0 Å². The van der Waals surface area contributed by atoms with Gasteiger partial charge in [-0.15, -0.1) is 5.17 Å². The van der Waals surface area contributed by atoms with E-state index in [2.05, 4.69) is 4.84 Å². The fourth-order valence-corrected chi connectivity index (χ4v) is 0.848. The largest absolute Gasteiger partial charge is 0.257 e. The Balaban J connectivity index is 2.97. The Kier molecular flexibility index (Phi) is 3.10. The van der Waals surface area contributed by atoms with Gasteiger partial charge in [-0.2, -0.15) is 0 Å². The van der Waals surface area contributed by atoms with Crippen LogP contribution in [-0.2, 0) is 4.84 Å². The number of hydrazine groups is 1. The summed E-state index contributed by atoms with van der Waals surface area (Å²) in [6.07, 6.45) is 0. The summed E-state index contributed by atoms with van der Waals surface area (Å²) < 4.78 is 37.0. The molecule has 0 atom stereocenters. The number of halogens is 3. The number of anilines is 1. The van der Waals surface area contributed by atoms with Gasteiger partial charge in [-0.3, -0.25) is 4.84 Å². The van der Waals surface area contributed by atoms with E-state index < -0.39 is 11.3 Å². The van der Waals surface area contributed by atoms with Crippen LogP contribution in [0.15, 0.2) is 24.3 Å². The molecule has 0 amide bonds. The molecule has 0 aliphatic carbocycles. The number of hydrogen-bond donors (Lipinski definition) is 0. The minimum absolute atomic E-state index is 0.0370. The van der Waals surface area contributed by atoms with Gasteiger partial charge >= 0.3 is 0 Å². The standard InChI is InChI=1S/C7H7F3N2O/c1-13-11(12(9)10)7-5-3-2-4-6(7)8/h2-5H,1H3. The molecule has 1 aromatic carbocycles. The van der Waals surface area contributed by atoms with Gasteiger partial charge in [-0.1, -0.05) is 21.1 Å². The molecule has 1 rings (SSSR count). The third-order valence-electron chi connectivity index (χ3n) is 1.37. The van der Waals surface area contributed by atoms with Gasteiger partial charge in [0.05, 0.1) is 7.11 Å². The van der Waals surface area contributed by atoms with Crippen LogP contribution in [0, 0.1) is 5.82 Å². The van der Waals surface area contributed by atoms with Crippen LogP contribution in [0.3, 0.4) is 0 Å². The molecule has 0 fully saturated rings. The van der Waals surface area contributed by atoms with Gasteiger partial charge in [0.2, 0.25) is 0 Å². The van der Waals surface area contributed by atoms with Gasteiger partial charge < -0.3 is 0 Å². The summed E-state index contributed by atoms with van der Waals surface area (Å²) in [6.45, 7) is 0. The van der Waals surface area contributed by atoms with Crippen LogP contribution in [-0.4, -0.2) is 12.6 Å². The number of para-hydroxylation sites is 1. The molecule has 0 spiro atoms. The smallest absolute Gasteiger partial charge is 0.150 e. The van der Waals surface area contributed by atoms with Crippen LogP contribution < -0.4 is 5.17 Å². The average Bonchev–Trinajstić information content (AvgIpc) is 2.09. The first-order chi connectivity index (χ1) is 6.16. The monoisotopic (exact) mass is 192 g/mol. The molecule has 3 nitrogen and oxygen atoms in total. The number of hydrogen-bond acceptors (Lipinski definition) is 3. The third-order valence-corrected chi connectivity index (χ3v) is 1.37. The molecule has 0 aromatic heterocycles. The molecule has 0 heterocycles. The van der Waals surface area contributed by atoms with E-state index in [1.165, 1.54) is 18.2 Å². The second-order valence-electron chi connectivity index (χ2n) is 2.12. The van der Waals surface area contributed by atoms with E-state index in [0.29, 0.717) is 0 Å². The van der Waals surface area contributed by atoms with E-state index in [4.69, 9.17) is 0 Å². The highest BCUT2D eigenvalue weighted by Crippen LogP contribution is 2.20. The van der Waals surface area contributed by atoms with Crippen molar-refractivity contribution in [2.45, 2.75) is 0 Å². The molecule has 0 N–H and O–H groups in total. The van der Waals surface area contributed by atoms with E-state index in [1.54, 1.807) is 0 Å². The van der Waals surface area contributed by atoms with Crippen LogP contribution in [0.1, 0.15) is 0 Å². The van der Waals surface area contributed by atoms with Crippen molar-refractivity contribution in [3.05, 3.63) is 30.1 Å². The van der Waals surface area contributed by atoms with Crippen molar-refractivity contribution in [3.8, 4) is 0 Å². The first-order valence-electron chi connectivity index (χ1n) is 3.37. The fourth-order valence-electron chi connectivity index (χ4n) is 0.848. The molecule has 1 aromatic rings. The second-order valence-corrected chi connectivity index (χ2v) is 2.12. The highest BCUT2D eigenvalue weighted by molar-refractivity contribution is 5.43. The Morgan fingerprint density at radius 3 is 2.31 bits per heavy atom. The Hall–Kier alpha value is -1.27. The lowest BCUT2D eigenvalue weighted by molar-refractivity contribution is -0.226. The molecule has 0 radical (unpaired) electrons. The van der Waals surface area contributed by atoms with Crippen molar-refractivity contribution in [1.29, 1.82) is 0 Å². The lowest BCUT2D eigenvalue weighted by Crippen LogP contribution is -2.30. The molecular weight excluding hydrogens is 185 g/mol. The van der Waals surface area contributed by atoms with Gasteiger partial charge in [-0.25, -0.2) is 4.39 Å². The first-order valence-corrected chi connectivity index (χ1v) is 3.37. The van der Waals surface area contributed by atoms with Gasteiger partial charge in [0.1, 0.15) is 11.1 Å². The molecule has 13 heavy (non-hydrogen) atoms. The summed E-state index contributed by atoms with van der Waals surface area (Å²) >= 11 is 0. The molecule has 6 heteroatoms. The van der Waals surface area contributed by atoms with Gasteiger partial charge in [0, 0.05) is 0 Å². The zero-order valence-corrected chi connectivity index (χ0v) is 6.75. The Morgan fingerprint density at radius 2 is 1.85 bits per heavy atom. The van der Waals surface area contributed by atoms with Crippen LogP contribution in [0.25, 0.3) is 0 Å². The normalized spacial score (nSPS) is 10.5. The molecular formula is C7H7F3N2O. The van der Waals surface area contributed by atoms with Gasteiger partial charge in [0.15, 0.2) is 5.82 Å².